The van der Waals surface area contributed by atoms with E-state index in [4.69, 9.17) is 16.9 Å². The van der Waals surface area contributed by atoms with Gasteiger partial charge in [-0.2, -0.15) is 4.09 Å². The van der Waals surface area contributed by atoms with Crippen molar-refractivity contribution in [2.24, 2.45) is 0 Å². The van der Waals surface area contributed by atoms with E-state index in [1.165, 1.54) is 0 Å². The fourth-order valence-electron chi connectivity index (χ4n) is 0.596. The monoisotopic (exact) mass is 190 g/mol. The number of halogens is 1. The Hall–Kier alpha value is -1.56. The minimum absolute atomic E-state index is 0.256. The van der Waals surface area contributed by atoms with Gasteiger partial charge in [0.1, 0.15) is 5.69 Å². The topological polar surface area (TPSA) is 92.2 Å². The lowest BCUT2D eigenvalue weighted by atomic mass is 10.4. The average Bonchev–Trinajstić information content (AvgIpc) is 1.99. The zero-order valence-corrected chi connectivity index (χ0v) is 6.33. The molecule has 0 aliphatic rings. The minimum Gasteiger partial charge on any atom is -0.477 e. The number of rotatable bonds is 1. The maximum atomic E-state index is 10.7. The van der Waals surface area contributed by atoms with E-state index in [2.05, 4.69) is 0 Å². The van der Waals surface area contributed by atoms with Gasteiger partial charge in [-0.25, -0.2) is 9.59 Å². The third kappa shape index (κ3) is 1.37. The van der Waals surface area contributed by atoms with Crippen LogP contribution in [-0.4, -0.2) is 20.1 Å². The number of aromatic nitrogens is 2. The maximum absolute atomic E-state index is 10.7. The first-order chi connectivity index (χ1) is 5.52. The highest BCUT2D eigenvalue weighted by Gasteiger charge is 2.07. The molecular formula is C5H3ClN2O4. The van der Waals surface area contributed by atoms with E-state index in [1.807, 2.05) is 4.98 Å². The van der Waals surface area contributed by atoms with Gasteiger partial charge < -0.3 is 5.11 Å². The van der Waals surface area contributed by atoms with Crippen LogP contribution in [0.5, 0.6) is 0 Å². The van der Waals surface area contributed by atoms with Gasteiger partial charge in [0.2, 0.25) is 0 Å². The lowest BCUT2D eigenvalue weighted by Crippen LogP contribution is -2.30. The molecule has 0 aromatic carbocycles. The van der Waals surface area contributed by atoms with Crippen LogP contribution < -0.4 is 11.2 Å². The Morgan fingerprint density at radius 3 is 2.58 bits per heavy atom. The molecule has 0 aliphatic heterocycles. The number of aromatic carboxylic acids is 1. The first-order valence-corrected chi connectivity index (χ1v) is 3.12. The molecule has 64 valence electrons. The highest BCUT2D eigenvalue weighted by Crippen LogP contribution is 1.84. The molecule has 0 fully saturated rings. The molecule has 0 atom stereocenters. The van der Waals surface area contributed by atoms with Gasteiger partial charge in [0.25, 0.3) is 5.56 Å². The smallest absolute Gasteiger partial charge is 0.352 e. The summed E-state index contributed by atoms with van der Waals surface area (Å²) in [7, 11) is 0. The van der Waals surface area contributed by atoms with Crippen molar-refractivity contribution in [2.75, 3.05) is 0 Å². The highest BCUT2D eigenvalue weighted by atomic mass is 35.5. The summed E-state index contributed by atoms with van der Waals surface area (Å²) in [6.45, 7) is 0. The van der Waals surface area contributed by atoms with Crippen LogP contribution in [-0.2, 0) is 0 Å². The van der Waals surface area contributed by atoms with Crippen molar-refractivity contribution in [3.05, 3.63) is 32.6 Å². The Morgan fingerprint density at radius 2 is 2.17 bits per heavy atom. The molecule has 0 radical (unpaired) electrons. The number of nitrogens with zero attached hydrogens (tertiary/aromatic N) is 1. The zero-order chi connectivity index (χ0) is 9.30. The van der Waals surface area contributed by atoms with Crippen LogP contribution in [0.25, 0.3) is 0 Å². The normalized spacial score (nSPS) is 9.75. The van der Waals surface area contributed by atoms with E-state index in [1.54, 1.807) is 0 Å². The second-order valence-electron chi connectivity index (χ2n) is 1.91. The van der Waals surface area contributed by atoms with Crippen LogP contribution >= 0.6 is 11.8 Å². The second-order valence-corrected chi connectivity index (χ2v) is 2.25. The average molecular weight is 191 g/mol. The summed E-state index contributed by atoms with van der Waals surface area (Å²) in [5, 5.41) is 8.36. The van der Waals surface area contributed by atoms with Gasteiger partial charge in [-0.15, -0.1) is 0 Å². The van der Waals surface area contributed by atoms with Crippen LogP contribution in [0.1, 0.15) is 10.5 Å². The number of H-pyrrole nitrogens is 1. The number of nitrogens with one attached hydrogen (secondary N) is 1. The molecule has 1 aromatic heterocycles. The third-order valence-electron chi connectivity index (χ3n) is 1.11. The molecule has 1 rings (SSSR count). The molecule has 0 aliphatic carbocycles. The van der Waals surface area contributed by atoms with E-state index < -0.39 is 22.9 Å². The zero-order valence-electron chi connectivity index (χ0n) is 5.57. The van der Waals surface area contributed by atoms with Gasteiger partial charge in [0.05, 0.1) is 0 Å². The van der Waals surface area contributed by atoms with Crippen LogP contribution in [0, 0.1) is 0 Å². The predicted molar refractivity (Wildman–Crippen MR) is 39.5 cm³/mol. The van der Waals surface area contributed by atoms with Gasteiger partial charge in [0.15, 0.2) is 0 Å². The van der Waals surface area contributed by atoms with Crippen molar-refractivity contribution < 1.29 is 9.90 Å². The van der Waals surface area contributed by atoms with Crippen molar-refractivity contribution in [1.82, 2.24) is 9.07 Å². The summed E-state index contributed by atoms with van der Waals surface area (Å²) in [4.78, 5) is 33.5. The second kappa shape index (κ2) is 2.82. The van der Waals surface area contributed by atoms with E-state index >= 15 is 0 Å². The summed E-state index contributed by atoms with van der Waals surface area (Å²) < 4.78 is 0.256. The van der Waals surface area contributed by atoms with E-state index in [-0.39, 0.29) is 4.09 Å². The molecule has 12 heavy (non-hydrogen) atoms. The quantitative estimate of drug-likeness (QED) is 0.609. The Kier molecular flexibility index (Phi) is 2.01. The molecule has 0 amide bonds. The van der Waals surface area contributed by atoms with Crippen molar-refractivity contribution in [3.8, 4) is 0 Å². The Labute approximate surface area is 70.1 Å². The summed E-state index contributed by atoms with van der Waals surface area (Å²) in [5.41, 5.74) is -2.33. The Balaban J connectivity index is 3.52. The molecular weight excluding hydrogens is 188 g/mol. The predicted octanol–water partition coefficient (Wildman–Crippen LogP) is -0.763. The van der Waals surface area contributed by atoms with Gasteiger partial charge in [-0.1, -0.05) is 0 Å². The van der Waals surface area contributed by atoms with Crippen LogP contribution in [0.15, 0.2) is 15.7 Å². The lowest BCUT2D eigenvalue weighted by molar-refractivity contribution is 0.0689. The molecule has 7 heteroatoms. The molecule has 1 heterocycles. The number of aromatic amines is 1. The number of carboxylic acids is 1. The summed E-state index contributed by atoms with van der Waals surface area (Å²) >= 11 is 5.12. The van der Waals surface area contributed by atoms with E-state index in [9.17, 15) is 14.4 Å². The standard InChI is InChI=1S/C5H3ClN2O4/c6-8-3(9)1-2(4(10)11)7-5(8)12/h1H,(H,7,12)(H,10,11). The molecule has 0 bridgehead atoms. The largest absolute Gasteiger partial charge is 0.477 e. The van der Waals surface area contributed by atoms with Crippen molar-refractivity contribution >= 4 is 17.7 Å². The third-order valence-corrected chi connectivity index (χ3v) is 1.43. The first-order valence-electron chi connectivity index (χ1n) is 2.78. The molecule has 0 saturated carbocycles. The fourth-order valence-corrected chi connectivity index (χ4v) is 0.687. The lowest BCUT2D eigenvalue weighted by Gasteiger charge is -1.93. The number of carboxylic acid groups (broad SMARTS) is 1. The van der Waals surface area contributed by atoms with Crippen molar-refractivity contribution in [2.45, 2.75) is 0 Å². The first kappa shape index (κ1) is 8.54. The van der Waals surface area contributed by atoms with Gasteiger partial charge in [0, 0.05) is 17.8 Å². The summed E-state index contributed by atoms with van der Waals surface area (Å²) in [6, 6.07) is 0.719. The van der Waals surface area contributed by atoms with Gasteiger partial charge >= 0.3 is 11.7 Å². The number of hydrogen-bond acceptors (Lipinski definition) is 3. The SMILES string of the molecule is O=C(O)c1cc(=O)n(Cl)c(=O)[nH]1. The molecule has 0 spiro atoms. The van der Waals surface area contributed by atoms with E-state index in [0.717, 1.165) is 6.07 Å². The molecule has 6 nitrogen and oxygen atoms in total. The fraction of sp³-hybridized carbons (Fsp3) is 0. The van der Waals surface area contributed by atoms with Gasteiger partial charge in [-0.05, 0) is 0 Å². The van der Waals surface area contributed by atoms with E-state index in [0.29, 0.717) is 0 Å². The van der Waals surface area contributed by atoms with Crippen molar-refractivity contribution in [1.29, 1.82) is 0 Å². The maximum Gasteiger partial charge on any atom is 0.352 e. The van der Waals surface area contributed by atoms with Crippen LogP contribution in [0.4, 0.5) is 0 Å². The highest BCUT2D eigenvalue weighted by molar-refractivity contribution is 6.15. The van der Waals surface area contributed by atoms with Crippen molar-refractivity contribution in [3.63, 3.8) is 0 Å². The molecule has 0 unspecified atom stereocenters. The Bertz CT molecular complexity index is 401. The van der Waals surface area contributed by atoms with Crippen LogP contribution in [0.2, 0.25) is 0 Å². The summed E-state index contributed by atoms with van der Waals surface area (Å²) in [6.07, 6.45) is 0. The van der Waals surface area contributed by atoms with Gasteiger partial charge in [-0.3, -0.25) is 9.78 Å². The Morgan fingerprint density at radius 1 is 1.58 bits per heavy atom. The number of carbonyl (C=O) groups is 1. The minimum atomic E-state index is -1.39. The molecule has 2 N–H and O–H groups in total. The number of hydrogen-bond donors (Lipinski definition) is 2. The molecule has 0 saturated heterocycles. The molecule has 1 aromatic rings. The van der Waals surface area contributed by atoms with Crippen LogP contribution in [0.3, 0.4) is 0 Å². The summed E-state index contributed by atoms with van der Waals surface area (Å²) in [5.74, 6) is -1.39.